The molecule has 0 saturated heterocycles. The van der Waals surface area contributed by atoms with Gasteiger partial charge >= 0.3 is 0 Å². The number of hydrogen-bond donors (Lipinski definition) is 1. The molecule has 0 aliphatic heterocycles. The number of rotatable bonds is 4. The molecular weight excluding hydrogens is 289 g/mol. The summed E-state index contributed by atoms with van der Waals surface area (Å²) in [5, 5.41) is 13.1. The molecule has 0 fully saturated rings. The molecule has 1 aromatic carbocycles. The minimum Gasteiger partial charge on any atom is -0.334 e. The first kappa shape index (κ1) is 13.9. The Morgan fingerprint density at radius 2 is 2.20 bits per heavy atom. The first-order chi connectivity index (χ1) is 9.52. The summed E-state index contributed by atoms with van der Waals surface area (Å²) in [4.78, 5) is 24.9. The maximum absolute atomic E-state index is 13.4. The van der Waals surface area contributed by atoms with E-state index < -0.39 is 16.4 Å². The number of nitro groups is 1. The molecule has 0 amide bonds. The predicted octanol–water partition coefficient (Wildman–Crippen LogP) is 3.34. The van der Waals surface area contributed by atoms with Crippen LogP contribution in [0.2, 0.25) is 5.02 Å². The number of nitrogens with one attached hydrogen (secondary N) is 1. The van der Waals surface area contributed by atoms with Crippen LogP contribution < -0.4 is 5.32 Å². The highest BCUT2D eigenvalue weighted by Crippen LogP contribution is 2.32. The molecule has 6 nitrogen and oxygen atoms in total. The van der Waals surface area contributed by atoms with Crippen molar-refractivity contribution in [3.63, 3.8) is 0 Å². The number of aldehydes is 1. The van der Waals surface area contributed by atoms with Gasteiger partial charge in [-0.1, -0.05) is 11.6 Å². The van der Waals surface area contributed by atoms with Crippen molar-refractivity contribution in [2.75, 3.05) is 5.32 Å². The largest absolute Gasteiger partial charge is 0.334 e. The molecule has 20 heavy (non-hydrogen) atoms. The predicted molar refractivity (Wildman–Crippen MR) is 71.0 cm³/mol. The third kappa shape index (κ3) is 2.72. The van der Waals surface area contributed by atoms with Gasteiger partial charge in [0.15, 0.2) is 6.29 Å². The Morgan fingerprint density at radius 3 is 2.85 bits per heavy atom. The summed E-state index contributed by atoms with van der Waals surface area (Å²) in [5.74, 6) is -0.726. The van der Waals surface area contributed by atoms with Gasteiger partial charge in [-0.25, -0.2) is 9.37 Å². The molecule has 0 spiro atoms. The SMILES string of the molecule is O=Cc1cccnc1Nc1cc(F)c(Cl)cc1[N+](=O)[O-]. The lowest BCUT2D eigenvalue weighted by Crippen LogP contribution is -2.02. The molecule has 0 aliphatic carbocycles. The molecule has 1 heterocycles. The smallest absolute Gasteiger partial charge is 0.294 e. The lowest BCUT2D eigenvalue weighted by Gasteiger charge is -2.08. The van der Waals surface area contributed by atoms with E-state index in [0.717, 1.165) is 12.1 Å². The molecule has 102 valence electrons. The molecule has 0 radical (unpaired) electrons. The summed E-state index contributed by atoms with van der Waals surface area (Å²) in [6.45, 7) is 0. The number of hydrogen-bond acceptors (Lipinski definition) is 5. The Labute approximate surface area is 117 Å². The van der Waals surface area contributed by atoms with Gasteiger partial charge in [-0.3, -0.25) is 14.9 Å². The number of anilines is 2. The van der Waals surface area contributed by atoms with Crippen molar-refractivity contribution in [1.29, 1.82) is 0 Å². The Morgan fingerprint density at radius 1 is 1.45 bits per heavy atom. The van der Waals surface area contributed by atoms with Crippen LogP contribution in [0.15, 0.2) is 30.5 Å². The van der Waals surface area contributed by atoms with E-state index in [-0.39, 0.29) is 22.1 Å². The van der Waals surface area contributed by atoms with Crippen molar-refractivity contribution < 1.29 is 14.1 Å². The monoisotopic (exact) mass is 295 g/mol. The third-order valence-corrected chi connectivity index (χ3v) is 2.74. The van der Waals surface area contributed by atoms with Gasteiger partial charge in [0.05, 0.1) is 15.5 Å². The first-order valence-corrected chi connectivity index (χ1v) is 5.71. The average Bonchev–Trinajstić information content (AvgIpc) is 2.43. The van der Waals surface area contributed by atoms with Gasteiger partial charge in [0.1, 0.15) is 17.3 Å². The number of halogens is 2. The van der Waals surface area contributed by atoms with Crippen molar-refractivity contribution in [2.24, 2.45) is 0 Å². The summed E-state index contributed by atoms with van der Waals surface area (Å²) in [7, 11) is 0. The lowest BCUT2D eigenvalue weighted by molar-refractivity contribution is -0.383. The number of nitro benzene ring substituents is 1. The number of aromatic nitrogens is 1. The molecule has 2 rings (SSSR count). The number of nitrogens with zero attached hydrogens (tertiary/aromatic N) is 2. The minimum atomic E-state index is -0.816. The highest BCUT2D eigenvalue weighted by atomic mass is 35.5. The third-order valence-electron chi connectivity index (χ3n) is 2.45. The zero-order chi connectivity index (χ0) is 14.7. The fraction of sp³-hybridized carbons (Fsp3) is 0. The molecule has 0 unspecified atom stereocenters. The van der Waals surface area contributed by atoms with Crippen LogP contribution in [0.25, 0.3) is 0 Å². The van der Waals surface area contributed by atoms with E-state index in [1.165, 1.54) is 18.3 Å². The summed E-state index contributed by atoms with van der Waals surface area (Å²) in [5.41, 5.74) is -0.366. The van der Waals surface area contributed by atoms with Crippen molar-refractivity contribution in [1.82, 2.24) is 4.98 Å². The van der Waals surface area contributed by atoms with Crippen molar-refractivity contribution in [3.8, 4) is 0 Å². The Bertz CT molecular complexity index is 694. The highest BCUT2D eigenvalue weighted by Gasteiger charge is 2.19. The van der Waals surface area contributed by atoms with E-state index in [1.54, 1.807) is 0 Å². The van der Waals surface area contributed by atoms with Crippen molar-refractivity contribution in [2.45, 2.75) is 0 Å². The van der Waals surface area contributed by atoms with Crippen LogP contribution in [-0.4, -0.2) is 16.2 Å². The number of benzene rings is 1. The fourth-order valence-electron chi connectivity index (χ4n) is 1.53. The van der Waals surface area contributed by atoms with Gasteiger partial charge in [0.25, 0.3) is 5.69 Å². The molecule has 1 N–H and O–H groups in total. The standard InChI is InChI=1S/C12H7ClFN3O3/c13-8-4-11(17(19)20)10(5-9(8)14)16-12-7(6-18)2-1-3-15-12/h1-6H,(H,15,16). The summed E-state index contributed by atoms with van der Waals surface area (Å²) in [6, 6.07) is 4.78. The molecule has 0 aliphatic rings. The second-order valence-corrected chi connectivity index (χ2v) is 4.13. The molecule has 0 saturated carbocycles. The van der Waals surface area contributed by atoms with Crippen LogP contribution in [0.3, 0.4) is 0 Å². The van der Waals surface area contributed by atoms with Crippen LogP contribution in [0, 0.1) is 15.9 Å². The summed E-state index contributed by atoms with van der Waals surface area (Å²) < 4.78 is 13.4. The van der Waals surface area contributed by atoms with Crippen LogP contribution in [-0.2, 0) is 0 Å². The van der Waals surface area contributed by atoms with Crippen molar-refractivity contribution >= 4 is 35.1 Å². The van der Waals surface area contributed by atoms with Gasteiger partial charge < -0.3 is 5.32 Å². The Hall–Kier alpha value is -2.54. The second-order valence-electron chi connectivity index (χ2n) is 3.72. The maximum atomic E-state index is 13.4. The average molecular weight is 296 g/mol. The topological polar surface area (TPSA) is 85.1 Å². The van der Waals surface area contributed by atoms with Gasteiger partial charge in [0.2, 0.25) is 0 Å². The van der Waals surface area contributed by atoms with E-state index in [9.17, 15) is 19.3 Å². The van der Waals surface area contributed by atoms with Gasteiger partial charge in [-0.2, -0.15) is 0 Å². The molecule has 0 atom stereocenters. The zero-order valence-electron chi connectivity index (χ0n) is 9.84. The maximum Gasteiger partial charge on any atom is 0.294 e. The highest BCUT2D eigenvalue weighted by molar-refractivity contribution is 6.31. The van der Waals surface area contributed by atoms with E-state index >= 15 is 0 Å². The zero-order valence-corrected chi connectivity index (χ0v) is 10.6. The van der Waals surface area contributed by atoms with E-state index in [4.69, 9.17) is 11.6 Å². The Balaban J connectivity index is 2.50. The Kier molecular flexibility index (Phi) is 3.90. The van der Waals surface area contributed by atoms with Gasteiger partial charge in [-0.15, -0.1) is 0 Å². The van der Waals surface area contributed by atoms with Crippen LogP contribution in [0.4, 0.5) is 21.6 Å². The van der Waals surface area contributed by atoms with Crippen LogP contribution in [0.1, 0.15) is 10.4 Å². The number of pyridine rings is 1. The lowest BCUT2D eigenvalue weighted by atomic mass is 10.2. The van der Waals surface area contributed by atoms with E-state index in [2.05, 4.69) is 10.3 Å². The van der Waals surface area contributed by atoms with Gasteiger partial charge in [-0.05, 0) is 12.1 Å². The van der Waals surface area contributed by atoms with Crippen LogP contribution in [0.5, 0.6) is 0 Å². The second kappa shape index (κ2) is 5.62. The molecule has 8 heteroatoms. The van der Waals surface area contributed by atoms with Crippen LogP contribution >= 0.6 is 11.6 Å². The first-order valence-electron chi connectivity index (χ1n) is 5.33. The fourth-order valence-corrected chi connectivity index (χ4v) is 1.69. The minimum absolute atomic E-state index is 0.0901. The summed E-state index contributed by atoms with van der Waals surface area (Å²) >= 11 is 5.51. The normalized spacial score (nSPS) is 10.1. The number of carbonyl (C=O) groups excluding carboxylic acids is 1. The molecular formula is C12H7ClFN3O3. The summed E-state index contributed by atoms with van der Waals surface area (Å²) in [6.07, 6.45) is 1.93. The van der Waals surface area contributed by atoms with E-state index in [0.29, 0.717) is 6.29 Å². The van der Waals surface area contributed by atoms with Gasteiger partial charge in [0, 0.05) is 18.3 Å². The van der Waals surface area contributed by atoms with Crippen molar-refractivity contribution in [3.05, 3.63) is 57.0 Å². The molecule has 0 bridgehead atoms. The molecule has 1 aromatic heterocycles. The number of carbonyl (C=O) groups is 1. The quantitative estimate of drug-likeness (QED) is 0.531. The molecule has 2 aromatic rings. The van der Waals surface area contributed by atoms with E-state index in [1.807, 2.05) is 0 Å².